The first-order valence-corrected chi connectivity index (χ1v) is 0.200. The molecule has 0 aliphatic heterocycles. The summed E-state index contributed by atoms with van der Waals surface area (Å²) in [6, 6.07) is 0. The second-order valence-corrected chi connectivity index (χ2v) is 0. The largest absolute Gasteiger partial charge is 0.412 e. The molecular formula is H14CoO8. The fraction of sp³-hybridized carbons (Fsp3) is 0. The Kier molecular flexibility index (Phi) is 591000. The van der Waals surface area contributed by atoms with Crippen molar-refractivity contribution in [2.45, 2.75) is 0 Å². The maximum absolute atomic E-state index is 6.00. The second kappa shape index (κ2) is 12200. The average molecular weight is 201 g/mol. The third kappa shape index (κ3) is 9010. The van der Waals surface area contributed by atoms with Crippen molar-refractivity contribution in [1.29, 1.82) is 0 Å². The minimum atomic E-state index is 0. The Morgan fingerprint density at radius 2 is 0.444 bits per heavy atom. The van der Waals surface area contributed by atoms with Gasteiger partial charge in [-0.05, 0) is 0 Å². The van der Waals surface area contributed by atoms with Crippen LogP contribution in [0.15, 0.2) is 0 Å². The van der Waals surface area contributed by atoms with Crippen LogP contribution in [-0.2, 0) is 16.8 Å². The summed E-state index contributed by atoms with van der Waals surface area (Å²) >= 11 is 0. The van der Waals surface area contributed by atoms with Crippen LogP contribution in [0.5, 0.6) is 0 Å². The molecule has 0 aromatic rings. The van der Waals surface area contributed by atoms with E-state index in [9.17, 15) is 0 Å². The average Bonchev–Trinajstić information content (AvgIpc) is 1.00. The number of hydrogen-bond donors (Lipinski definition) is 2. The standard InChI is InChI=1S/Co.H2O2.6H2O/c;1-2;;;;;;/h;1-2H;6*1H2. The van der Waals surface area contributed by atoms with Crippen LogP contribution in [0.4, 0.5) is 0 Å². The number of hydrogen-bond acceptors (Lipinski definition) is 2. The van der Waals surface area contributed by atoms with Gasteiger partial charge in [0, 0.05) is 16.8 Å². The molecule has 14 N–H and O–H groups in total. The molecule has 0 fully saturated rings. The quantitative estimate of drug-likeness (QED) is 0.289. The molecule has 0 aromatic heterocycles. The minimum Gasteiger partial charge on any atom is -0.412 e. The van der Waals surface area contributed by atoms with Gasteiger partial charge in [0.1, 0.15) is 0 Å². The minimum absolute atomic E-state index is 0. The Bertz CT molecular complexity index is 4.53. The van der Waals surface area contributed by atoms with Crippen molar-refractivity contribution in [3.63, 3.8) is 0 Å². The first-order valence-electron chi connectivity index (χ1n) is 0.200. The molecule has 0 saturated heterocycles. The molecule has 0 aliphatic rings. The smallest absolute Gasteiger partial charge is 0 e. The van der Waals surface area contributed by atoms with E-state index < -0.39 is 0 Å². The predicted octanol–water partition coefficient (Wildman–Crippen LogP) is -4.93. The van der Waals surface area contributed by atoms with E-state index >= 15 is 0 Å². The van der Waals surface area contributed by atoms with Crippen LogP contribution in [0.3, 0.4) is 0 Å². The molecule has 0 rings (SSSR count). The van der Waals surface area contributed by atoms with Gasteiger partial charge in [-0.25, -0.2) is 0 Å². The zero-order valence-corrected chi connectivity index (χ0v) is 5.27. The van der Waals surface area contributed by atoms with Crippen LogP contribution in [0.25, 0.3) is 0 Å². The molecule has 9 heavy (non-hydrogen) atoms. The fourth-order valence-electron chi connectivity index (χ4n) is 0. The van der Waals surface area contributed by atoms with Crippen LogP contribution in [0.1, 0.15) is 0 Å². The van der Waals surface area contributed by atoms with E-state index in [-0.39, 0.29) is 49.6 Å². The molecule has 0 aromatic carbocycles. The van der Waals surface area contributed by atoms with E-state index in [2.05, 4.69) is 0 Å². The summed E-state index contributed by atoms with van der Waals surface area (Å²) < 4.78 is 0. The van der Waals surface area contributed by atoms with Crippen molar-refractivity contribution >= 4 is 0 Å². The Balaban J connectivity index is -0.000000000238. The third-order valence-corrected chi connectivity index (χ3v) is 0. The van der Waals surface area contributed by atoms with Crippen LogP contribution in [0.2, 0.25) is 0 Å². The SMILES string of the molecule is O.O.O.O.O.O.OO.[Co]. The van der Waals surface area contributed by atoms with E-state index in [1.165, 1.54) is 0 Å². The molecule has 0 bridgehead atoms. The molecule has 0 spiro atoms. The van der Waals surface area contributed by atoms with E-state index in [1.807, 2.05) is 0 Å². The topological polar surface area (TPSA) is 229 Å². The second-order valence-electron chi connectivity index (χ2n) is 0. The zero-order valence-electron chi connectivity index (χ0n) is 4.23. The van der Waals surface area contributed by atoms with Crippen molar-refractivity contribution in [2.75, 3.05) is 0 Å². The van der Waals surface area contributed by atoms with E-state index in [0.29, 0.717) is 0 Å². The summed E-state index contributed by atoms with van der Waals surface area (Å²) in [5.74, 6) is 0. The molecule has 1 radical (unpaired) electrons. The molecule has 0 amide bonds. The summed E-state index contributed by atoms with van der Waals surface area (Å²) in [4.78, 5) is 0. The summed E-state index contributed by atoms with van der Waals surface area (Å²) in [6.45, 7) is 0. The Hall–Kier alpha value is 0.186. The van der Waals surface area contributed by atoms with Crippen LogP contribution >= 0.6 is 0 Å². The molecule has 71 valence electrons. The van der Waals surface area contributed by atoms with Gasteiger partial charge in [0.25, 0.3) is 0 Å². The third-order valence-electron chi connectivity index (χ3n) is 0. The first kappa shape index (κ1) is 437. The van der Waals surface area contributed by atoms with Crippen molar-refractivity contribution in [2.24, 2.45) is 0 Å². The summed E-state index contributed by atoms with van der Waals surface area (Å²) in [6.07, 6.45) is 0. The van der Waals surface area contributed by atoms with E-state index in [4.69, 9.17) is 10.5 Å². The van der Waals surface area contributed by atoms with Gasteiger partial charge in [0.2, 0.25) is 0 Å². The number of rotatable bonds is 0. The van der Waals surface area contributed by atoms with E-state index in [1.54, 1.807) is 0 Å². The Morgan fingerprint density at radius 1 is 0.444 bits per heavy atom. The van der Waals surface area contributed by atoms with Crippen molar-refractivity contribution in [1.82, 2.24) is 0 Å². The molecule has 8 nitrogen and oxygen atoms in total. The molecule has 0 saturated carbocycles. The van der Waals surface area contributed by atoms with Crippen molar-refractivity contribution in [3.05, 3.63) is 0 Å². The van der Waals surface area contributed by atoms with Gasteiger partial charge in [-0.2, -0.15) is 0 Å². The van der Waals surface area contributed by atoms with E-state index in [0.717, 1.165) is 0 Å². The summed E-state index contributed by atoms with van der Waals surface area (Å²) in [7, 11) is 0. The normalized spacial score (nSPS) is 0.667. The molecule has 0 atom stereocenters. The van der Waals surface area contributed by atoms with Crippen molar-refractivity contribution < 1.29 is 60.2 Å². The first-order chi connectivity index (χ1) is 1.00. The maximum atomic E-state index is 6.00. The maximum Gasteiger partial charge on any atom is 0 e. The molecule has 0 aliphatic carbocycles. The van der Waals surface area contributed by atoms with Gasteiger partial charge in [-0.1, -0.05) is 0 Å². The van der Waals surface area contributed by atoms with Gasteiger partial charge in [-0.3, -0.25) is 10.5 Å². The Labute approximate surface area is 61.1 Å². The molecule has 9 heteroatoms. The van der Waals surface area contributed by atoms with Crippen molar-refractivity contribution in [3.8, 4) is 0 Å². The molecule has 0 heterocycles. The Morgan fingerprint density at radius 3 is 0.444 bits per heavy atom. The van der Waals surface area contributed by atoms with Gasteiger partial charge in [0.05, 0.1) is 0 Å². The van der Waals surface area contributed by atoms with Crippen LogP contribution < -0.4 is 0 Å². The van der Waals surface area contributed by atoms with Gasteiger partial charge >= 0.3 is 0 Å². The monoisotopic (exact) mass is 201 g/mol. The summed E-state index contributed by atoms with van der Waals surface area (Å²) in [5.41, 5.74) is 0. The zero-order chi connectivity index (χ0) is 2.00. The van der Waals surface area contributed by atoms with Gasteiger partial charge < -0.3 is 32.9 Å². The molecular weight excluding hydrogens is 187 g/mol. The summed E-state index contributed by atoms with van der Waals surface area (Å²) in [5, 5.41) is 12.0. The van der Waals surface area contributed by atoms with Crippen LogP contribution in [0, 0.1) is 0 Å². The molecule has 0 unspecified atom stereocenters. The van der Waals surface area contributed by atoms with Gasteiger partial charge in [-0.15, -0.1) is 0 Å². The predicted molar refractivity (Wildman–Crippen MR) is 26.9 cm³/mol. The fourth-order valence-corrected chi connectivity index (χ4v) is 0. The van der Waals surface area contributed by atoms with Gasteiger partial charge in [0.15, 0.2) is 0 Å². The van der Waals surface area contributed by atoms with Crippen LogP contribution in [-0.4, -0.2) is 43.4 Å².